The molecule has 10 nitrogen and oxygen atoms in total. The third-order valence-electron chi connectivity index (χ3n) is 4.08. The van der Waals surface area contributed by atoms with E-state index in [0.717, 1.165) is 6.07 Å². The number of fused-ring (bicyclic) bond motifs is 1. The zero-order valence-electron chi connectivity index (χ0n) is 15.7. The number of amides is 1. The van der Waals surface area contributed by atoms with Crippen LogP contribution in [-0.2, 0) is 9.53 Å². The standard InChI is InChI=1S/C19H18N2O8/c1-11(18(22)20-12-3-5-16-17(9-12)28-8-7-27-16)29-19(23)14-10-13(21(24)25)4-6-15(14)26-2/h3-6,9-11H,7-8H2,1-2H3,(H,20,22)/t11-/m1/s1. The smallest absolute Gasteiger partial charge is 0.342 e. The number of nitro groups is 1. The predicted molar refractivity (Wildman–Crippen MR) is 101 cm³/mol. The van der Waals surface area contributed by atoms with Crippen molar-refractivity contribution in [3.63, 3.8) is 0 Å². The Morgan fingerprint density at radius 2 is 1.86 bits per heavy atom. The molecule has 0 saturated heterocycles. The van der Waals surface area contributed by atoms with Crippen molar-refractivity contribution in [3.05, 3.63) is 52.1 Å². The fourth-order valence-corrected chi connectivity index (χ4v) is 2.61. The summed E-state index contributed by atoms with van der Waals surface area (Å²) in [7, 11) is 1.32. The molecule has 2 aromatic carbocycles. The topological polar surface area (TPSA) is 126 Å². The molecule has 0 aliphatic carbocycles. The first-order valence-electron chi connectivity index (χ1n) is 8.63. The highest BCUT2D eigenvalue weighted by Crippen LogP contribution is 2.32. The molecule has 0 bridgehead atoms. The number of methoxy groups -OCH3 is 1. The lowest BCUT2D eigenvalue weighted by Gasteiger charge is -2.19. The van der Waals surface area contributed by atoms with E-state index in [1.807, 2.05) is 0 Å². The molecule has 2 aromatic rings. The maximum atomic E-state index is 12.4. The Labute approximate surface area is 165 Å². The van der Waals surface area contributed by atoms with E-state index in [9.17, 15) is 19.7 Å². The normalized spacial score (nSPS) is 13.2. The van der Waals surface area contributed by atoms with E-state index in [1.54, 1.807) is 18.2 Å². The summed E-state index contributed by atoms with van der Waals surface area (Å²) in [6.45, 7) is 2.24. The summed E-state index contributed by atoms with van der Waals surface area (Å²) in [4.78, 5) is 35.1. The number of nitrogens with one attached hydrogen (secondary N) is 1. The van der Waals surface area contributed by atoms with Crippen LogP contribution in [0.1, 0.15) is 17.3 Å². The van der Waals surface area contributed by atoms with E-state index in [1.165, 1.54) is 26.2 Å². The van der Waals surface area contributed by atoms with Crippen LogP contribution in [0.5, 0.6) is 17.2 Å². The van der Waals surface area contributed by atoms with Gasteiger partial charge in [0.1, 0.15) is 24.5 Å². The summed E-state index contributed by atoms with van der Waals surface area (Å²) >= 11 is 0. The van der Waals surface area contributed by atoms with Gasteiger partial charge in [-0.15, -0.1) is 0 Å². The summed E-state index contributed by atoms with van der Waals surface area (Å²) in [5.74, 6) is -0.332. The molecular formula is C19H18N2O8. The van der Waals surface area contributed by atoms with Crippen LogP contribution < -0.4 is 19.5 Å². The van der Waals surface area contributed by atoms with E-state index in [4.69, 9.17) is 18.9 Å². The van der Waals surface area contributed by atoms with E-state index in [-0.39, 0.29) is 17.0 Å². The van der Waals surface area contributed by atoms with Gasteiger partial charge in [-0.05, 0) is 25.1 Å². The van der Waals surface area contributed by atoms with Crippen molar-refractivity contribution in [1.29, 1.82) is 0 Å². The molecule has 0 saturated carbocycles. The number of rotatable bonds is 6. The van der Waals surface area contributed by atoms with Gasteiger partial charge in [0.25, 0.3) is 11.6 Å². The van der Waals surface area contributed by atoms with Gasteiger partial charge in [0.05, 0.1) is 12.0 Å². The molecule has 1 aliphatic heterocycles. The first-order chi connectivity index (χ1) is 13.9. The van der Waals surface area contributed by atoms with Crippen LogP contribution in [0.25, 0.3) is 0 Å². The fourth-order valence-electron chi connectivity index (χ4n) is 2.61. The summed E-state index contributed by atoms with van der Waals surface area (Å²) in [6.07, 6.45) is -1.17. The van der Waals surface area contributed by atoms with Crippen molar-refractivity contribution in [2.45, 2.75) is 13.0 Å². The lowest BCUT2D eigenvalue weighted by molar-refractivity contribution is -0.384. The van der Waals surface area contributed by atoms with Crippen molar-refractivity contribution in [2.75, 3.05) is 25.6 Å². The van der Waals surface area contributed by atoms with Crippen LogP contribution in [0.15, 0.2) is 36.4 Å². The molecule has 0 spiro atoms. The summed E-state index contributed by atoms with van der Waals surface area (Å²) < 4.78 is 21.1. The number of hydrogen-bond donors (Lipinski definition) is 1. The Bertz CT molecular complexity index is 959. The highest BCUT2D eigenvalue weighted by molar-refractivity contribution is 5.98. The number of esters is 1. The first kappa shape index (κ1) is 19.9. The average molecular weight is 402 g/mol. The van der Waals surface area contributed by atoms with Crippen molar-refractivity contribution >= 4 is 23.3 Å². The van der Waals surface area contributed by atoms with Crippen LogP contribution >= 0.6 is 0 Å². The predicted octanol–water partition coefficient (Wildman–Crippen LogP) is 2.56. The number of ether oxygens (including phenoxy) is 4. The van der Waals surface area contributed by atoms with Gasteiger partial charge in [-0.2, -0.15) is 0 Å². The SMILES string of the molecule is COc1ccc([N+](=O)[O-])cc1C(=O)O[C@H](C)C(=O)Nc1ccc2c(c1)OCCO2. The summed E-state index contributed by atoms with van der Waals surface area (Å²) in [5, 5.41) is 13.6. The molecular weight excluding hydrogens is 384 g/mol. The average Bonchev–Trinajstić information content (AvgIpc) is 2.72. The highest BCUT2D eigenvalue weighted by Gasteiger charge is 2.24. The Balaban J connectivity index is 1.69. The molecule has 1 atom stereocenters. The van der Waals surface area contributed by atoms with Gasteiger partial charge in [0.2, 0.25) is 0 Å². The maximum Gasteiger partial charge on any atom is 0.342 e. The minimum absolute atomic E-state index is 0.0973. The van der Waals surface area contributed by atoms with E-state index in [2.05, 4.69) is 5.32 Å². The molecule has 1 heterocycles. The zero-order chi connectivity index (χ0) is 21.0. The van der Waals surface area contributed by atoms with E-state index in [0.29, 0.717) is 30.4 Å². The quantitative estimate of drug-likeness (QED) is 0.444. The molecule has 0 aromatic heterocycles. The summed E-state index contributed by atoms with van der Waals surface area (Å²) in [6, 6.07) is 8.41. The Hall–Kier alpha value is -3.82. The van der Waals surface area contributed by atoms with Crippen LogP contribution in [-0.4, -0.2) is 43.2 Å². The largest absolute Gasteiger partial charge is 0.496 e. The molecule has 152 valence electrons. The minimum atomic E-state index is -1.17. The molecule has 1 aliphatic rings. The second kappa shape index (κ2) is 8.46. The van der Waals surface area contributed by atoms with Crippen LogP contribution in [0.3, 0.4) is 0 Å². The highest BCUT2D eigenvalue weighted by atomic mass is 16.6. The van der Waals surface area contributed by atoms with Gasteiger partial charge in [-0.1, -0.05) is 0 Å². The van der Waals surface area contributed by atoms with Gasteiger partial charge in [0, 0.05) is 23.9 Å². The molecule has 0 radical (unpaired) electrons. The fraction of sp³-hybridized carbons (Fsp3) is 0.263. The van der Waals surface area contributed by atoms with Gasteiger partial charge in [-0.25, -0.2) is 4.79 Å². The van der Waals surface area contributed by atoms with Crippen LogP contribution in [0.4, 0.5) is 11.4 Å². The Kier molecular flexibility index (Phi) is 5.82. The lowest BCUT2D eigenvalue weighted by Crippen LogP contribution is -2.30. The van der Waals surface area contributed by atoms with E-state index >= 15 is 0 Å². The van der Waals surface area contributed by atoms with Gasteiger partial charge >= 0.3 is 5.97 Å². The van der Waals surface area contributed by atoms with Crippen molar-refractivity contribution in [2.24, 2.45) is 0 Å². The summed E-state index contributed by atoms with van der Waals surface area (Å²) in [5.41, 5.74) is -0.0121. The molecule has 0 unspecified atom stereocenters. The number of nitro benzene ring substituents is 1. The Morgan fingerprint density at radius 1 is 1.14 bits per heavy atom. The third-order valence-corrected chi connectivity index (χ3v) is 4.08. The number of non-ortho nitro benzene ring substituents is 1. The number of hydrogen-bond acceptors (Lipinski definition) is 8. The van der Waals surface area contributed by atoms with E-state index < -0.39 is 22.9 Å². The lowest BCUT2D eigenvalue weighted by atomic mass is 10.1. The van der Waals surface area contributed by atoms with Gasteiger partial charge in [-0.3, -0.25) is 14.9 Å². The van der Waals surface area contributed by atoms with Gasteiger partial charge in [0.15, 0.2) is 17.6 Å². The first-order valence-corrected chi connectivity index (χ1v) is 8.63. The molecule has 29 heavy (non-hydrogen) atoms. The van der Waals surface area contributed by atoms with Gasteiger partial charge < -0.3 is 24.3 Å². The number of carbonyl (C=O) groups excluding carboxylic acids is 2. The maximum absolute atomic E-state index is 12.4. The van der Waals surface area contributed by atoms with Crippen LogP contribution in [0, 0.1) is 10.1 Å². The number of anilines is 1. The second-order valence-electron chi connectivity index (χ2n) is 6.04. The second-order valence-corrected chi connectivity index (χ2v) is 6.04. The molecule has 1 amide bonds. The molecule has 3 rings (SSSR count). The number of nitrogens with zero attached hydrogens (tertiary/aromatic N) is 1. The molecule has 1 N–H and O–H groups in total. The minimum Gasteiger partial charge on any atom is -0.496 e. The van der Waals surface area contributed by atoms with Crippen molar-refractivity contribution in [3.8, 4) is 17.2 Å². The van der Waals surface area contributed by atoms with Crippen molar-refractivity contribution < 1.29 is 33.5 Å². The molecule has 10 heteroatoms. The Morgan fingerprint density at radius 3 is 2.55 bits per heavy atom. The number of benzene rings is 2. The monoisotopic (exact) mass is 402 g/mol. The third kappa shape index (κ3) is 4.54. The van der Waals surface area contributed by atoms with Crippen molar-refractivity contribution in [1.82, 2.24) is 0 Å². The van der Waals surface area contributed by atoms with Crippen LogP contribution in [0.2, 0.25) is 0 Å². The number of carbonyl (C=O) groups is 2. The zero-order valence-corrected chi connectivity index (χ0v) is 15.7. The molecule has 0 fully saturated rings.